The Balaban J connectivity index is 1.60. The van der Waals surface area contributed by atoms with Crippen LogP contribution in [0.25, 0.3) is 0 Å². The highest BCUT2D eigenvalue weighted by Gasteiger charge is 2.48. The monoisotopic (exact) mass is 243 g/mol. The van der Waals surface area contributed by atoms with Crippen molar-refractivity contribution in [3.63, 3.8) is 0 Å². The van der Waals surface area contributed by atoms with Crippen LogP contribution in [0.15, 0.2) is 23.4 Å². The fourth-order valence-electron chi connectivity index (χ4n) is 3.26. The SMILES string of the molecule is CC1(C)CC=C(NC2CC3(CNC3)C2)C=C1C#N. The molecule has 1 heterocycles. The van der Waals surface area contributed by atoms with E-state index in [1.54, 1.807) is 0 Å². The van der Waals surface area contributed by atoms with Gasteiger partial charge in [-0.05, 0) is 30.8 Å². The van der Waals surface area contributed by atoms with Gasteiger partial charge in [0.2, 0.25) is 0 Å². The van der Waals surface area contributed by atoms with Gasteiger partial charge < -0.3 is 10.6 Å². The van der Waals surface area contributed by atoms with Gasteiger partial charge in [0.25, 0.3) is 0 Å². The number of nitrogens with zero attached hydrogens (tertiary/aromatic N) is 1. The molecule has 1 saturated heterocycles. The van der Waals surface area contributed by atoms with Crippen LogP contribution in [0.2, 0.25) is 0 Å². The Hall–Kier alpha value is -1.27. The second-order valence-electron chi connectivity index (χ2n) is 6.77. The van der Waals surface area contributed by atoms with Gasteiger partial charge in [0.05, 0.1) is 6.07 Å². The summed E-state index contributed by atoms with van der Waals surface area (Å²) in [7, 11) is 0. The molecule has 1 spiro atoms. The summed E-state index contributed by atoms with van der Waals surface area (Å²) in [5.74, 6) is 0. The fourth-order valence-corrected chi connectivity index (χ4v) is 3.26. The van der Waals surface area contributed by atoms with Crippen molar-refractivity contribution in [3.05, 3.63) is 23.4 Å². The number of allylic oxidation sites excluding steroid dienone is 3. The highest BCUT2D eigenvalue weighted by molar-refractivity contribution is 5.39. The number of nitriles is 1. The molecule has 1 saturated carbocycles. The van der Waals surface area contributed by atoms with Crippen LogP contribution in [0.1, 0.15) is 33.1 Å². The lowest BCUT2D eigenvalue weighted by Gasteiger charge is -2.54. The van der Waals surface area contributed by atoms with E-state index in [-0.39, 0.29) is 5.41 Å². The van der Waals surface area contributed by atoms with Crippen LogP contribution < -0.4 is 10.6 Å². The van der Waals surface area contributed by atoms with Gasteiger partial charge >= 0.3 is 0 Å². The Labute approximate surface area is 109 Å². The molecule has 0 amide bonds. The van der Waals surface area contributed by atoms with E-state index < -0.39 is 0 Å². The summed E-state index contributed by atoms with van der Waals surface area (Å²) in [6.07, 6.45) is 7.78. The van der Waals surface area contributed by atoms with E-state index in [0.717, 1.165) is 17.7 Å². The first kappa shape index (κ1) is 11.8. The highest BCUT2D eigenvalue weighted by atomic mass is 15.0. The summed E-state index contributed by atoms with van der Waals surface area (Å²) in [6.45, 7) is 6.65. The van der Waals surface area contributed by atoms with Crippen molar-refractivity contribution in [1.82, 2.24) is 10.6 Å². The lowest BCUT2D eigenvalue weighted by Crippen LogP contribution is -2.64. The molecule has 1 aliphatic heterocycles. The van der Waals surface area contributed by atoms with Crippen LogP contribution in [-0.4, -0.2) is 19.1 Å². The maximum Gasteiger partial charge on any atom is 0.0953 e. The summed E-state index contributed by atoms with van der Waals surface area (Å²) >= 11 is 0. The van der Waals surface area contributed by atoms with Gasteiger partial charge in [0, 0.05) is 35.8 Å². The van der Waals surface area contributed by atoms with Crippen molar-refractivity contribution in [2.24, 2.45) is 10.8 Å². The molecular formula is C15H21N3. The van der Waals surface area contributed by atoms with Crippen molar-refractivity contribution >= 4 is 0 Å². The van der Waals surface area contributed by atoms with E-state index >= 15 is 0 Å². The Morgan fingerprint density at radius 1 is 1.39 bits per heavy atom. The molecule has 0 aromatic rings. The molecule has 3 rings (SSSR count). The standard InChI is InChI=1S/C15H21N3/c1-14(2)4-3-12(5-11(14)8-16)18-13-6-15(7-13)9-17-10-15/h3,5,13,17-18H,4,6-7,9-10H2,1-2H3. The average molecular weight is 243 g/mol. The predicted molar refractivity (Wildman–Crippen MR) is 71.6 cm³/mol. The molecular weight excluding hydrogens is 222 g/mol. The molecule has 3 heteroatoms. The molecule has 0 aromatic heterocycles. The van der Waals surface area contributed by atoms with Gasteiger partial charge in [-0.25, -0.2) is 0 Å². The molecule has 2 N–H and O–H groups in total. The van der Waals surface area contributed by atoms with Crippen LogP contribution in [0.5, 0.6) is 0 Å². The largest absolute Gasteiger partial charge is 0.382 e. The van der Waals surface area contributed by atoms with Crippen molar-refractivity contribution in [1.29, 1.82) is 5.26 Å². The van der Waals surface area contributed by atoms with E-state index in [0.29, 0.717) is 11.5 Å². The highest BCUT2D eigenvalue weighted by Crippen LogP contribution is 2.45. The molecule has 3 aliphatic rings. The van der Waals surface area contributed by atoms with Crippen LogP contribution in [-0.2, 0) is 0 Å². The Kier molecular flexibility index (Phi) is 2.53. The molecule has 18 heavy (non-hydrogen) atoms. The van der Waals surface area contributed by atoms with Gasteiger partial charge in [-0.15, -0.1) is 0 Å². The van der Waals surface area contributed by atoms with E-state index in [9.17, 15) is 5.26 Å². The van der Waals surface area contributed by atoms with Gasteiger partial charge in [0.15, 0.2) is 0 Å². The first-order valence-corrected chi connectivity index (χ1v) is 6.83. The summed E-state index contributed by atoms with van der Waals surface area (Å²) in [4.78, 5) is 0. The molecule has 3 nitrogen and oxygen atoms in total. The van der Waals surface area contributed by atoms with E-state index in [1.165, 1.54) is 25.9 Å². The van der Waals surface area contributed by atoms with Gasteiger partial charge in [-0.2, -0.15) is 5.26 Å². The van der Waals surface area contributed by atoms with E-state index in [2.05, 4.69) is 36.6 Å². The number of rotatable bonds is 2. The number of hydrogen-bond acceptors (Lipinski definition) is 3. The van der Waals surface area contributed by atoms with Crippen molar-refractivity contribution in [2.75, 3.05) is 13.1 Å². The minimum absolute atomic E-state index is 0.00133. The normalized spacial score (nSPS) is 28.5. The van der Waals surface area contributed by atoms with Crippen molar-refractivity contribution < 1.29 is 0 Å². The third-order valence-corrected chi connectivity index (χ3v) is 4.71. The smallest absolute Gasteiger partial charge is 0.0953 e. The maximum absolute atomic E-state index is 9.20. The summed E-state index contributed by atoms with van der Waals surface area (Å²) in [5, 5.41) is 16.1. The average Bonchev–Trinajstić information content (AvgIpc) is 2.21. The van der Waals surface area contributed by atoms with Gasteiger partial charge in [0.1, 0.15) is 0 Å². The molecule has 96 valence electrons. The zero-order chi connectivity index (χ0) is 12.8. The molecule has 2 aliphatic carbocycles. The third-order valence-electron chi connectivity index (χ3n) is 4.71. The van der Waals surface area contributed by atoms with Crippen LogP contribution in [0.4, 0.5) is 0 Å². The minimum Gasteiger partial charge on any atom is -0.382 e. The molecule has 0 aromatic carbocycles. The first-order valence-electron chi connectivity index (χ1n) is 6.83. The van der Waals surface area contributed by atoms with E-state index in [1.807, 2.05) is 6.08 Å². The second kappa shape index (κ2) is 3.86. The zero-order valence-electron chi connectivity index (χ0n) is 11.2. The molecule has 0 radical (unpaired) electrons. The van der Waals surface area contributed by atoms with E-state index in [4.69, 9.17) is 0 Å². The Morgan fingerprint density at radius 3 is 2.67 bits per heavy atom. The van der Waals surface area contributed by atoms with Gasteiger partial charge in [-0.1, -0.05) is 19.9 Å². The molecule has 2 fully saturated rings. The predicted octanol–water partition coefficient (Wildman–Crippen LogP) is 2.09. The summed E-state index contributed by atoms with van der Waals surface area (Å²) in [6, 6.07) is 2.95. The zero-order valence-corrected chi connectivity index (χ0v) is 11.2. The Bertz CT molecular complexity index is 453. The van der Waals surface area contributed by atoms with Crippen LogP contribution in [0.3, 0.4) is 0 Å². The molecule has 0 bridgehead atoms. The summed E-state index contributed by atoms with van der Waals surface area (Å²) < 4.78 is 0. The summed E-state index contributed by atoms with van der Waals surface area (Å²) in [5.41, 5.74) is 2.65. The maximum atomic E-state index is 9.20. The van der Waals surface area contributed by atoms with Crippen molar-refractivity contribution in [3.8, 4) is 6.07 Å². The number of hydrogen-bond donors (Lipinski definition) is 2. The quantitative estimate of drug-likeness (QED) is 0.780. The lowest BCUT2D eigenvalue weighted by atomic mass is 9.61. The van der Waals surface area contributed by atoms with Crippen LogP contribution in [0, 0.1) is 22.2 Å². The third kappa shape index (κ3) is 1.85. The second-order valence-corrected chi connectivity index (χ2v) is 6.77. The number of nitrogens with one attached hydrogen (secondary N) is 2. The fraction of sp³-hybridized carbons (Fsp3) is 0.667. The topological polar surface area (TPSA) is 47.8 Å². The van der Waals surface area contributed by atoms with Crippen LogP contribution >= 0.6 is 0 Å². The molecule has 0 atom stereocenters. The first-order chi connectivity index (χ1) is 8.53. The minimum atomic E-state index is -0.00133. The van der Waals surface area contributed by atoms with Gasteiger partial charge in [-0.3, -0.25) is 0 Å². The Morgan fingerprint density at radius 2 is 2.11 bits per heavy atom. The molecule has 0 unspecified atom stereocenters. The lowest BCUT2D eigenvalue weighted by molar-refractivity contribution is 0.0280. The van der Waals surface area contributed by atoms with Crippen molar-refractivity contribution in [2.45, 2.75) is 39.2 Å².